The minimum Gasteiger partial charge on any atom is -0.497 e. The van der Waals surface area contributed by atoms with Crippen molar-refractivity contribution < 1.29 is 18.7 Å². The molecule has 1 N–H and O–H groups in total. The normalized spacial score (nSPS) is 10.1. The van der Waals surface area contributed by atoms with Gasteiger partial charge in [0.25, 0.3) is 5.91 Å². The van der Waals surface area contributed by atoms with Gasteiger partial charge in [-0.05, 0) is 34.1 Å². The molecule has 110 valence electrons. The highest BCUT2D eigenvalue weighted by Crippen LogP contribution is 2.25. The Kier molecular flexibility index (Phi) is 4.74. The molecule has 0 bridgehead atoms. The molecule has 1 aromatic heterocycles. The maximum Gasteiger partial charge on any atom is 0.257 e. The summed E-state index contributed by atoms with van der Waals surface area (Å²) in [4.78, 5) is 16.0. The number of ether oxygens (including phenoxy) is 2. The predicted octanol–water partition coefficient (Wildman–Crippen LogP) is 3.25. The van der Waals surface area contributed by atoms with Crippen molar-refractivity contribution in [1.29, 1.82) is 0 Å². The Bertz CT molecular complexity index is 657. The summed E-state index contributed by atoms with van der Waals surface area (Å²) in [5, 5.41) is 2.58. The Hall–Kier alpha value is -2.15. The molecular weight excluding hydrogens is 343 g/mol. The quantitative estimate of drug-likeness (QED) is 0.915. The van der Waals surface area contributed by atoms with E-state index < -0.39 is 11.7 Å². The van der Waals surface area contributed by atoms with E-state index in [1.165, 1.54) is 20.3 Å². The van der Waals surface area contributed by atoms with Gasteiger partial charge in [0.1, 0.15) is 23.1 Å². The molecule has 0 spiro atoms. The lowest BCUT2D eigenvalue weighted by molar-refractivity contribution is 0.102. The molecule has 0 aliphatic carbocycles. The molecular formula is C14H12BrFN2O3. The Morgan fingerprint density at radius 1 is 1.19 bits per heavy atom. The number of hydrogen-bond acceptors (Lipinski definition) is 4. The monoisotopic (exact) mass is 354 g/mol. The van der Waals surface area contributed by atoms with Crippen molar-refractivity contribution in [3.8, 4) is 11.5 Å². The predicted molar refractivity (Wildman–Crippen MR) is 79.4 cm³/mol. The number of methoxy groups -OCH3 is 2. The molecule has 1 amide bonds. The minimum atomic E-state index is -0.497. The van der Waals surface area contributed by atoms with Crippen LogP contribution in [0.4, 0.5) is 10.2 Å². The number of carbonyl (C=O) groups excluding carboxylic acids is 1. The largest absolute Gasteiger partial charge is 0.497 e. The lowest BCUT2D eigenvalue weighted by atomic mass is 10.2. The van der Waals surface area contributed by atoms with E-state index in [4.69, 9.17) is 9.47 Å². The summed E-state index contributed by atoms with van der Waals surface area (Å²) in [5.41, 5.74) is 0.337. The number of amides is 1. The topological polar surface area (TPSA) is 60.5 Å². The van der Waals surface area contributed by atoms with Crippen LogP contribution in [-0.2, 0) is 0 Å². The zero-order valence-corrected chi connectivity index (χ0v) is 12.9. The van der Waals surface area contributed by atoms with E-state index >= 15 is 0 Å². The van der Waals surface area contributed by atoms with Crippen molar-refractivity contribution in [2.45, 2.75) is 0 Å². The van der Waals surface area contributed by atoms with Crippen LogP contribution in [0, 0.1) is 5.82 Å². The molecule has 0 aliphatic heterocycles. The Balaban J connectivity index is 2.27. The molecule has 0 saturated carbocycles. The third-order valence-electron chi connectivity index (χ3n) is 2.65. The third-order valence-corrected chi connectivity index (χ3v) is 3.26. The molecule has 2 rings (SSSR count). The van der Waals surface area contributed by atoms with Crippen molar-refractivity contribution in [2.24, 2.45) is 0 Å². The average molecular weight is 355 g/mol. The van der Waals surface area contributed by atoms with Gasteiger partial charge in [-0.1, -0.05) is 0 Å². The van der Waals surface area contributed by atoms with Crippen LogP contribution in [0.15, 0.2) is 34.9 Å². The van der Waals surface area contributed by atoms with Gasteiger partial charge in [0.15, 0.2) is 0 Å². The van der Waals surface area contributed by atoms with Crippen LogP contribution in [0.3, 0.4) is 0 Å². The zero-order chi connectivity index (χ0) is 15.4. The number of aromatic nitrogens is 1. The van der Waals surface area contributed by atoms with Crippen LogP contribution in [0.1, 0.15) is 10.4 Å². The summed E-state index contributed by atoms with van der Waals surface area (Å²) in [6.45, 7) is 0. The van der Waals surface area contributed by atoms with E-state index in [2.05, 4.69) is 26.2 Å². The Morgan fingerprint density at radius 2 is 1.81 bits per heavy atom. The minimum absolute atomic E-state index is 0.225. The van der Waals surface area contributed by atoms with E-state index in [-0.39, 0.29) is 5.82 Å². The van der Waals surface area contributed by atoms with Gasteiger partial charge in [-0.25, -0.2) is 9.37 Å². The number of rotatable bonds is 4. The fourth-order valence-corrected chi connectivity index (χ4v) is 2.04. The van der Waals surface area contributed by atoms with Crippen molar-refractivity contribution in [3.63, 3.8) is 0 Å². The number of nitrogens with zero attached hydrogens (tertiary/aromatic N) is 1. The van der Waals surface area contributed by atoms with Gasteiger partial charge in [0, 0.05) is 11.6 Å². The average Bonchev–Trinajstić information content (AvgIpc) is 2.49. The van der Waals surface area contributed by atoms with Crippen LogP contribution < -0.4 is 14.8 Å². The van der Waals surface area contributed by atoms with Gasteiger partial charge in [-0.3, -0.25) is 4.79 Å². The zero-order valence-electron chi connectivity index (χ0n) is 11.3. The second kappa shape index (κ2) is 6.53. The fraction of sp³-hybridized carbons (Fsp3) is 0.143. The summed E-state index contributed by atoms with van der Waals surface area (Å²) in [5.74, 6) is 0.300. The number of carbonyl (C=O) groups is 1. The van der Waals surface area contributed by atoms with Crippen molar-refractivity contribution in [2.75, 3.05) is 19.5 Å². The summed E-state index contributed by atoms with van der Waals surface area (Å²) >= 11 is 3.14. The second-order valence-corrected chi connectivity index (χ2v) is 4.89. The highest BCUT2D eigenvalue weighted by atomic mass is 79.9. The number of halogens is 2. The first-order valence-corrected chi connectivity index (χ1v) is 6.68. The molecule has 0 radical (unpaired) electrons. The Labute approximate surface area is 129 Å². The Morgan fingerprint density at radius 3 is 2.33 bits per heavy atom. The summed E-state index contributed by atoms with van der Waals surface area (Å²) in [7, 11) is 2.99. The van der Waals surface area contributed by atoms with E-state index in [1.807, 2.05) is 0 Å². The van der Waals surface area contributed by atoms with Crippen LogP contribution in [0.25, 0.3) is 0 Å². The van der Waals surface area contributed by atoms with Crippen LogP contribution in [0.5, 0.6) is 11.5 Å². The molecule has 5 nitrogen and oxygen atoms in total. The van der Waals surface area contributed by atoms with Gasteiger partial charge in [0.2, 0.25) is 0 Å². The first kappa shape index (κ1) is 15.2. The number of pyridine rings is 1. The van der Waals surface area contributed by atoms with E-state index in [1.54, 1.807) is 18.2 Å². The summed E-state index contributed by atoms with van der Waals surface area (Å²) in [6.07, 6.45) is 1.02. The molecule has 21 heavy (non-hydrogen) atoms. The molecule has 0 atom stereocenters. The van der Waals surface area contributed by atoms with Crippen LogP contribution in [-0.4, -0.2) is 25.1 Å². The maximum atomic E-state index is 13.0. The van der Waals surface area contributed by atoms with Gasteiger partial charge in [-0.2, -0.15) is 0 Å². The third kappa shape index (κ3) is 3.69. The first-order chi connectivity index (χ1) is 10.0. The summed E-state index contributed by atoms with van der Waals surface area (Å²) < 4.78 is 23.5. The summed E-state index contributed by atoms with van der Waals surface area (Å²) in [6, 6.07) is 6.00. The van der Waals surface area contributed by atoms with Crippen molar-refractivity contribution in [1.82, 2.24) is 4.98 Å². The van der Waals surface area contributed by atoms with Crippen LogP contribution >= 0.6 is 15.9 Å². The van der Waals surface area contributed by atoms with E-state index in [9.17, 15) is 9.18 Å². The van der Waals surface area contributed by atoms with Crippen molar-refractivity contribution >= 4 is 27.7 Å². The fourth-order valence-electron chi connectivity index (χ4n) is 1.62. The number of hydrogen-bond donors (Lipinski definition) is 1. The molecule has 0 saturated heterocycles. The molecule has 0 unspecified atom stereocenters. The molecule has 0 aliphatic rings. The smallest absolute Gasteiger partial charge is 0.257 e. The lowest BCUT2D eigenvalue weighted by Crippen LogP contribution is -2.13. The number of benzene rings is 1. The standard InChI is InChI=1S/C14H12BrFN2O3/c1-20-10-3-8(4-11(6-10)21-2)14(19)18-13-12(15)5-9(16)7-17-13/h3-7H,1-2H3,(H,17,18,19). The van der Waals surface area contributed by atoms with Crippen LogP contribution in [0.2, 0.25) is 0 Å². The number of anilines is 1. The SMILES string of the molecule is COc1cc(OC)cc(C(=O)Nc2ncc(F)cc2Br)c1. The maximum absolute atomic E-state index is 13.0. The van der Waals surface area contributed by atoms with E-state index in [0.29, 0.717) is 21.5 Å². The van der Waals surface area contributed by atoms with Gasteiger partial charge >= 0.3 is 0 Å². The van der Waals surface area contributed by atoms with Gasteiger partial charge in [-0.15, -0.1) is 0 Å². The van der Waals surface area contributed by atoms with Gasteiger partial charge in [0.05, 0.1) is 24.9 Å². The highest BCUT2D eigenvalue weighted by molar-refractivity contribution is 9.10. The van der Waals surface area contributed by atoms with Crippen molar-refractivity contribution in [3.05, 3.63) is 46.3 Å². The van der Waals surface area contributed by atoms with E-state index in [0.717, 1.165) is 6.20 Å². The number of nitrogens with one attached hydrogen (secondary N) is 1. The second-order valence-electron chi connectivity index (χ2n) is 4.04. The molecule has 1 heterocycles. The molecule has 0 fully saturated rings. The lowest BCUT2D eigenvalue weighted by Gasteiger charge is -2.09. The molecule has 1 aromatic carbocycles. The molecule has 7 heteroatoms. The highest BCUT2D eigenvalue weighted by Gasteiger charge is 2.12. The molecule has 2 aromatic rings. The first-order valence-electron chi connectivity index (χ1n) is 5.89. The van der Waals surface area contributed by atoms with Gasteiger partial charge < -0.3 is 14.8 Å².